The third-order valence-electron chi connectivity index (χ3n) is 2.98. The van der Waals surface area contributed by atoms with Crippen molar-refractivity contribution in [3.8, 4) is 0 Å². The van der Waals surface area contributed by atoms with Crippen LogP contribution >= 0.6 is 0 Å². The van der Waals surface area contributed by atoms with Crippen LogP contribution in [0, 0.1) is 5.92 Å². The van der Waals surface area contributed by atoms with Gasteiger partial charge >= 0.3 is 6.03 Å². The van der Waals surface area contributed by atoms with Gasteiger partial charge in [0.2, 0.25) is 5.91 Å². The fourth-order valence-corrected chi connectivity index (χ4v) is 1.64. The molecule has 0 saturated heterocycles. The summed E-state index contributed by atoms with van der Waals surface area (Å²) in [6.45, 7) is 6.62. The van der Waals surface area contributed by atoms with Gasteiger partial charge < -0.3 is 25.3 Å². The van der Waals surface area contributed by atoms with Gasteiger partial charge in [-0.15, -0.1) is 0 Å². The van der Waals surface area contributed by atoms with Gasteiger partial charge in [-0.2, -0.15) is 0 Å². The fourth-order valence-electron chi connectivity index (χ4n) is 1.64. The van der Waals surface area contributed by atoms with Crippen LogP contribution in [0.5, 0.6) is 0 Å². The number of amides is 3. The number of nitrogens with two attached hydrogens (primary N) is 1. The molecule has 0 aliphatic carbocycles. The van der Waals surface area contributed by atoms with Crippen molar-refractivity contribution in [1.82, 2.24) is 20.4 Å². The Hall–Kier alpha value is -1.38. The molecule has 130 valence electrons. The average molecular weight is 317 g/mol. The Balaban J connectivity index is 4.31. The summed E-state index contributed by atoms with van der Waals surface area (Å²) in [4.78, 5) is 31.9. The van der Waals surface area contributed by atoms with E-state index in [2.05, 4.69) is 29.3 Å². The number of nitrogens with one attached hydrogen (secondary N) is 2. The van der Waals surface area contributed by atoms with Gasteiger partial charge in [0, 0.05) is 26.2 Å². The Morgan fingerprint density at radius 3 is 2.36 bits per heavy atom. The van der Waals surface area contributed by atoms with Crippen LogP contribution in [-0.2, 0) is 9.63 Å². The maximum atomic E-state index is 12.1. The largest absolute Gasteiger partial charge is 0.353 e. The number of nitrogens with zero attached hydrogens (tertiary/aromatic N) is 2. The van der Waals surface area contributed by atoms with Gasteiger partial charge in [0.05, 0.1) is 6.61 Å². The number of hydrogen-bond donors (Lipinski definition) is 3. The molecule has 0 aromatic carbocycles. The normalized spacial score (nSPS) is 10.9. The zero-order valence-corrected chi connectivity index (χ0v) is 14.2. The second-order valence-corrected chi connectivity index (χ2v) is 5.86. The van der Waals surface area contributed by atoms with E-state index in [0.717, 1.165) is 13.0 Å². The molecular formula is C14H31N5O3. The highest BCUT2D eigenvalue weighted by Gasteiger charge is 2.17. The van der Waals surface area contributed by atoms with Gasteiger partial charge in [0.15, 0.2) is 0 Å². The Kier molecular flexibility index (Phi) is 11.4. The maximum absolute atomic E-state index is 12.1. The molecule has 8 nitrogen and oxygen atoms in total. The number of urea groups is 1. The quantitative estimate of drug-likeness (QED) is 0.356. The third kappa shape index (κ3) is 11.3. The molecule has 0 atom stereocenters. The molecule has 0 rings (SSSR count). The van der Waals surface area contributed by atoms with Crippen molar-refractivity contribution in [2.75, 3.05) is 53.4 Å². The van der Waals surface area contributed by atoms with E-state index in [1.54, 1.807) is 0 Å². The molecule has 0 aliphatic heterocycles. The highest BCUT2D eigenvalue weighted by molar-refractivity contribution is 5.84. The fraction of sp³-hybridized carbons (Fsp3) is 0.857. The molecule has 0 aromatic heterocycles. The van der Waals surface area contributed by atoms with Crippen molar-refractivity contribution in [3.05, 3.63) is 0 Å². The molecule has 3 amide bonds. The number of carbonyl (C=O) groups is 2. The van der Waals surface area contributed by atoms with E-state index < -0.39 is 0 Å². The van der Waals surface area contributed by atoms with Crippen LogP contribution in [0.3, 0.4) is 0 Å². The molecule has 0 aliphatic rings. The molecule has 0 heterocycles. The lowest BCUT2D eigenvalue weighted by Gasteiger charge is -2.23. The number of hydrogen-bond acceptors (Lipinski definition) is 5. The maximum Gasteiger partial charge on any atom is 0.317 e. The summed E-state index contributed by atoms with van der Waals surface area (Å²) >= 11 is 0. The SMILES string of the molecule is CC(C)CCN(CC(=O)NCCN(C)C)C(=O)NCCON. The van der Waals surface area contributed by atoms with Crippen molar-refractivity contribution in [2.45, 2.75) is 20.3 Å². The first kappa shape index (κ1) is 20.6. The molecule has 8 heteroatoms. The van der Waals surface area contributed by atoms with Crippen LogP contribution in [0.4, 0.5) is 4.79 Å². The van der Waals surface area contributed by atoms with Crippen LogP contribution in [0.25, 0.3) is 0 Å². The topological polar surface area (TPSA) is 99.9 Å². The van der Waals surface area contributed by atoms with Crippen LogP contribution in [0.2, 0.25) is 0 Å². The summed E-state index contributed by atoms with van der Waals surface area (Å²) in [6.07, 6.45) is 0.839. The number of rotatable bonds is 11. The molecule has 0 saturated carbocycles. The van der Waals surface area contributed by atoms with Gasteiger partial charge in [-0.05, 0) is 26.4 Å². The van der Waals surface area contributed by atoms with E-state index in [1.165, 1.54) is 4.90 Å². The molecule has 0 spiro atoms. The van der Waals surface area contributed by atoms with E-state index in [4.69, 9.17) is 5.90 Å². The van der Waals surface area contributed by atoms with Gasteiger partial charge in [0.25, 0.3) is 0 Å². The minimum absolute atomic E-state index is 0.0511. The molecule has 0 bridgehead atoms. The minimum Gasteiger partial charge on any atom is -0.353 e. The lowest BCUT2D eigenvalue weighted by Crippen LogP contribution is -2.47. The van der Waals surface area contributed by atoms with Gasteiger partial charge in [-0.3, -0.25) is 4.79 Å². The van der Waals surface area contributed by atoms with E-state index >= 15 is 0 Å². The smallest absolute Gasteiger partial charge is 0.317 e. The Labute approximate surface area is 133 Å². The summed E-state index contributed by atoms with van der Waals surface area (Å²) < 4.78 is 0. The van der Waals surface area contributed by atoms with Crippen molar-refractivity contribution in [3.63, 3.8) is 0 Å². The van der Waals surface area contributed by atoms with Crippen LogP contribution in [0.1, 0.15) is 20.3 Å². The van der Waals surface area contributed by atoms with E-state index in [9.17, 15) is 9.59 Å². The van der Waals surface area contributed by atoms with Crippen molar-refractivity contribution in [2.24, 2.45) is 11.8 Å². The Morgan fingerprint density at radius 1 is 1.14 bits per heavy atom. The van der Waals surface area contributed by atoms with Crippen molar-refractivity contribution >= 4 is 11.9 Å². The second-order valence-electron chi connectivity index (χ2n) is 5.86. The van der Waals surface area contributed by atoms with Crippen LogP contribution in [-0.4, -0.2) is 75.2 Å². The molecular weight excluding hydrogens is 286 g/mol. The first-order chi connectivity index (χ1) is 10.4. The summed E-state index contributed by atoms with van der Waals surface area (Å²) in [6, 6.07) is -0.277. The molecule has 0 radical (unpaired) electrons. The summed E-state index contributed by atoms with van der Waals surface area (Å²) in [5, 5.41) is 5.49. The zero-order valence-electron chi connectivity index (χ0n) is 14.2. The zero-order chi connectivity index (χ0) is 17.0. The molecule has 4 N–H and O–H groups in total. The van der Waals surface area contributed by atoms with Gasteiger partial charge in [-0.1, -0.05) is 13.8 Å². The summed E-state index contributed by atoms with van der Waals surface area (Å²) in [7, 11) is 3.88. The summed E-state index contributed by atoms with van der Waals surface area (Å²) in [5.41, 5.74) is 0. The highest BCUT2D eigenvalue weighted by atomic mass is 16.6. The second kappa shape index (κ2) is 12.2. The molecule has 0 aromatic rings. The molecule has 0 unspecified atom stereocenters. The Bertz CT molecular complexity index is 324. The first-order valence-corrected chi connectivity index (χ1v) is 7.62. The van der Waals surface area contributed by atoms with E-state index in [-0.39, 0.29) is 25.1 Å². The number of carbonyl (C=O) groups excluding carboxylic acids is 2. The van der Waals surface area contributed by atoms with E-state index in [0.29, 0.717) is 25.6 Å². The van der Waals surface area contributed by atoms with Gasteiger partial charge in [-0.25, -0.2) is 10.7 Å². The lowest BCUT2D eigenvalue weighted by molar-refractivity contribution is -0.121. The summed E-state index contributed by atoms with van der Waals surface area (Å²) in [5.74, 6) is 5.22. The van der Waals surface area contributed by atoms with Crippen LogP contribution in [0.15, 0.2) is 0 Å². The predicted molar refractivity (Wildman–Crippen MR) is 86.1 cm³/mol. The first-order valence-electron chi connectivity index (χ1n) is 7.62. The lowest BCUT2D eigenvalue weighted by atomic mass is 10.1. The Morgan fingerprint density at radius 2 is 1.82 bits per heavy atom. The average Bonchev–Trinajstić information content (AvgIpc) is 2.42. The third-order valence-corrected chi connectivity index (χ3v) is 2.98. The molecule has 22 heavy (non-hydrogen) atoms. The monoisotopic (exact) mass is 317 g/mol. The van der Waals surface area contributed by atoms with Gasteiger partial charge in [0.1, 0.15) is 6.54 Å². The highest BCUT2D eigenvalue weighted by Crippen LogP contribution is 2.02. The van der Waals surface area contributed by atoms with Crippen LogP contribution < -0.4 is 16.5 Å². The molecule has 0 fully saturated rings. The predicted octanol–water partition coefficient (Wildman–Crippen LogP) is -0.388. The standard InChI is InChI=1S/C14H31N5O3/c1-12(2)5-8-19(14(21)17-7-10-22-15)11-13(20)16-6-9-18(3)4/h12H,5-11,15H2,1-4H3,(H,16,20)(H,17,21). The van der Waals surface area contributed by atoms with E-state index in [1.807, 2.05) is 19.0 Å². The number of likely N-dealkylation sites (N-methyl/N-ethyl adjacent to an activating group) is 1. The van der Waals surface area contributed by atoms with Crippen molar-refractivity contribution in [1.29, 1.82) is 0 Å². The minimum atomic E-state index is -0.277. The van der Waals surface area contributed by atoms with Crippen molar-refractivity contribution < 1.29 is 14.4 Å².